The standard InChI is InChI=1S/C16H21N3O4/c1-11(20)17-14-5-3-4-12(10-14)15(21)18-13-6-8-19(9-7-13)16(22)23-2/h3-5,10,13H,6-9H2,1-2H3,(H,17,20)(H,18,21). The highest BCUT2D eigenvalue weighted by molar-refractivity contribution is 5.96. The maximum Gasteiger partial charge on any atom is 0.409 e. The molecule has 1 aliphatic heterocycles. The number of hydrogen-bond acceptors (Lipinski definition) is 4. The molecule has 0 radical (unpaired) electrons. The van der Waals surface area contributed by atoms with Crippen LogP contribution in [0.4, 0.5) is 10.5 Å². The van der Waals surface area contributed by atoms with Crippen molar-refractivity contribution in [2.24, 2.45) is 0 Å². The van der Waals surface area contributed by atoms with Crippen LogP contribution in [0.5, 0.6) is 0 Å². The van der Waals surface area contributed by atoms with Crippen LogP contribution in [0.25, 0.3) is 0 Å². The van der Waals surface area contributed by atoms with E-state index in [2.05, 4.69) is 15.4 Å². The molecule has 0 spiro atoms. The summed E-state index contributed by atoms with van der Waals surface area (Å²) in [4.78, 5) is 36.4. The Bertz CT molecular complexity index is 595. The van der Waals surface area contributed by atoms with Gasteiger partial charge in [0.2, 0.25) is 5.91 Å². The van der Waals surface area contributed by atoms with Crippen LogP contribution >= 0.6 is 0 Å². The Morgan fingerprint density at radius 1 is 1.22 bits per heavy atom. The van der Waals surface area contributed by atoms with Crippen molar-refractivity contribution in [2.75, 3.05) is 25.5 Å². The molecule has 1 heterocycles. The molecular weight excluding hydrogens is 298 g/mol. The van der Waals surface area contributed by atoms with E-state index in [1.165, 1.54) is 14.0 Å². The smallest absolute Gasteiger partial charge is 0.409 e. The van der Waals surface area contributed by atoms with Gasteiger partial charge in [-0.05, 0) is 31.0 Å². The molecule has 2 N–H and O–H groups in total. The van der Waals surface area contributed by atoms with Gasteiger partial charge in [0.1, 0.15) is 0 Å². The van der Waals surface area contributed by atoms with Crippen LogP contribution in [0.2, 0.25) is 0 Å². The molecule has 1 aromatic carbocycles. The van der Waals surface area contributed by atoms with E-state index >= 15 is 0 Å². The van der Waals surface area contributed by atoms with Gasteiger partial charge < -0.3 is 20.3 Å². The summed E-state index contributed by atoms with van der Waals surface area (Å²) in [5, 5.41) is 5.61. The molecule has 3 amide bonds. The van der Waals surface area contributed by atoms with Gasteiger partial charge in [-0.25, -0.2) is 4.79 Å². The number of nitrogens with zero attached hydrogens (tertiary/aromatic N) is 1. The second-order valence-corrected chi connectivity index (χ2v) is 5.47. The number of piperidine rings is 1. The largest absolute Gasteiger partial charge is 0.453 e. The van der Waals surface area contributed by atoms with Crippen molar-refractivity contribution in [1.82, 2.24) is 10.2 Å². The van der Waals surface area contributed by atoms with E-state index in [-0.39, 0.29) is 23.9 Å². The van der Waals surface area contributed by atoms with Crippen LogP contribution < -0.4 is 10.6 Å². The van der Waals surface area contributed by atoms with Crippen LogP contribution in [0.3, 0.4) is 0 Å². The summed E-state index contributed by atoms with van der Waals surface area (Å²) >= 11 is 0. The van der Waals surface area contributed by atoms with Crippen molar-refractivity contribution < 1.29 is 19.1 Å². The van der Waals surface area contributed by atoms with E-state index in [9.17, 15) is 14.4 Å². The number of nitrogens with one attached hydrogen (secondary N) is 2. The molecule has 0 aromatic heterocycles. The fourth-order valence-electron chi connectivity index (χ4n) is 2.55. The molecule has 0 bridgehead atoms. The molecule has 7 heteroatoms. The molecular formula is C16H21N3O4. The third-order valence-corrected chi connectivity index (χ3v) is 3.71. The predicted octanol–water partition coefficient (Wildman–Crippen LogP) is 1.61. The first-order valence-corrected chi connectivity index (χ1v) is 7.51. The monoisotopic (exact) mass is 319 g/mol. The first-order valence-electron chi connectivity index (χ1n) is 7.51. The second kappa shape index (κ2) is 7.62. The number of rotatable bonds is 3. The molecule has 124 valence electrons. The van der Waals surface area contributed by atoms with Gasteiger partial charge in [-0.15, -0.1) is 0 Å². The Balaban J connectivity index is 1.90. The van der Waals surface area contributed by atoms with E-state index in [0.717, 1.165) is 0 Å². The van der Waals surface area contributed by atoms with Crippen molar-refractivity contribution in [2.45, 2.75) is 25.8 Å². The van der Waals surface area contributed by atoms with E-state index in [0.29, 0.717) is 37.2 Å². The molecule has 0 unspecified atom stereocenters. The van der Waals surface area contributed by atoms with Crippen molar-refractivity contribution in [3.8, 4) is 0 Å². The van der Waals surface area contributed by atoms with Gasteiger partial charge in [-0.1, -0.05) is 6.07 Å². The van der Waals surface area contributed by atoms with E-state index in [1.54, 1.807) is 29.2 Å². The molecule has 1 aromatic rings. The minimum Gasteiger partial charge on any atom is -0.453 e. The first kappa shape index (κ1) is 16.8. The third kappa shape index (κ3) is 4.70. The number of carbonyl (C=O) groups excluding carboxylic acids is 3. The highest BCUT2D eigenvalue weighted by Crippen LogP contribution is 2.14. The number of carbonyl (C=O) groups is 3. The Kier molecular flexibility index (Phi) is 5.56. The highest BCUT2D eigenvalue weighted by atomic mass is 16.5. The zero-order valence-corrected chi connectivity index (χ0v) is 13.3. The molecule has 0 atom stereocenters. The summed E-state index contributed by atoms with van der Waals surface area (Å²) in [6, 6.07) is 6.81. The van der Waals surface area contributed by atoms with Gasteiger partial charge in [-0.2, -0.15) is 0 Å². The molecule has 1 fully saturated rings. The summed E-state index contributed by atoms with van der Waals surface area (Å²) in [6.45, 7) is 2.54. The molecule has 2 rings (SSSR count). The molecule has 7 nitrogen and oxygen atoms in total. The SMILES string of the molecule is COC(=O)N1CCC(NC(=O)c2cccc(NC(C)=O)c2)CC1. The van der Waals surface area contributed by atoms with Gasteiger partial charge in [0, 0.05) is 37.3 Å². The quantitative estimate of drug-likeness (QED) is 0.886. The lowest BCUT2D eigenvalue weighted by Gasteiger charge is -2.31. The van der Waals surface area contributed by atoms with Crippen molar-refractivity contribution in [1.29, 1.82) is 0 Å². The van der Waals surface area contributed by atoms with Crippen LogP contribution in [0, 0.1) is 0 Å². The van der Waals surface area contributed by atoms with Crippen molar-refractivity contribution >= 4 is 23.6 Å². The number of likely N-dealkylation sites (tertiary alicyclic amines) is 1. The van der Waals surface area contributed by atoms with Crippen LogP contribution in [-0.2, 0) is 9.53 Å². The number of hydrogen-bond donors (Lipinski definition) is 2. The number of anilines is 1. The van der Waals surface area contributed by atoms with E-state index in [4.69, 9.17) is 0 Å². The van der Waals surface area contributed by atoms with Gasteiger partial charge in [0.15, 0.2) is 0 Å². The molecule has 1 saturated heterocycles. The molecule has 0 aliphatic carbocycles. The Morgan fingerprint density at radius 2 is 1.91 bits per heavy atom. The second-order valence-electron chi connectivity index (χ2n) is 5.47. The summed E-state index contributed by atoms with van der Waals surface area (Å²) < 4.78 is 4.69. The maximum absolute atomic E-state index is 12.3. The summed E-state index contributed by atoms with van der Waals surface area (Å²) in [6.07, 6.45) is 1.04. The van der Waals surface area contributed by atoms with Gasteiger partial charge in [0.05, 0.1) is 7.11 Å². The number of ether oxygens (including phenoxy) is 1. The highest BCUT2D eigenvalue weighted by Gasteiger charge is 2.24. The van der Waals surface area contributed by atoms with Gasteiger partial charge >= 0.3 is 6.09 Å². The van der Waals surface area contributed by atoms with Gasteiger partial charge in [-0.3, -0.25) is 9.59 Å². The topological polar surface area (TPSA) is 87.7 Å². The predicted molar refractivity (Wildman–Crippen MR) is 85.2 cm³/mol. The van der Waals surface area contributed by atoms with E-state index < -0.39 is 0 Å². The fraction of sp³-hybridized carbons (Fsp3) is 0.438. The average molecular weight is 319 g/mol. The lowest BCUT2D eigenvalue weighted by atomic mass is 10.0. The molecule has 23 heavy (non-hydrogen) atoms. The Hall–Kier alpha value is -2.57. The summed E-state index contributed by atoms with van der Waals surface area (Å²) in [5.41, 5.74) is 1.08. The van der Waals surface area contributed by atoms with Crippen LogP contribution in [-0.4, -0.2) is 49.0 Å². The zero-order valence-electron chi connectivity index (χ0n) is 13.3. The summed E-state index contributed by atoms with van der Waals surface area (Å²) in [7, 11) is 1.36. The van der Waals surface area contributed by atoms with Crippen LogP contribution in [0.1, 0.15) is 30.1 Å². The Labute approximate surface area is 135 Å². The fourth-order valence-corrected chi connectivity index (χ4v) is 2.55. The number of benzene rings is 1. The number of amides is 3. The van der Waals surface area contributed by atoms with Crippen molar-refractivity contribution in [3.63, 3.8) is 0 Å². The zero-order chi connectivity index (χ0) is 16.8. The first-order chi connectivity index (χ1) is 11.0. The third-order valence-electron chi connectivity index (χ3n) is 3.71. The lowest BCUT2D eigenvalue weighted by molar-refractivity contribution is -0.114. The normalized spacial score (nSPS) is 15.0. The average Bonchev–Trinajstić information content (AvgIpc) is 2.54. The minimum atomic E-state index is -0.335. The maximum atomic E-state index is 12.3. The lowest BCUT2D eigenvalue weighted by Crippen LogP contribution is -2.46. The van der Waals surface area contributed by atoms with E-state index in [1.807, 2.05) is 0 Å². The molecule has 1 aliphatic rings. The summed E-state index contributed by atoms with van der Waals surface area (Å²) in [5.74, 6) is -0.369. The van der Waals surface area contributed by atoms with Gasteiger partial charge in [0.25, 0.3) is 5.91 Å². The van der Waals surface area contributed by atoms with Crippen LogP contribution in [0.15, 0.2) is 24.3 Å². The number of methoxy groups -OCH3 is 1. The molecule has 0 saturated carbocycles. The minimum absolute atomic E-state index is 0.0211. The Morgan fingerprint density at radius 3 is 2.52 bits per heavy atom. The van der Waals surface area contributed by atoms with Crippen molar-refractivity contribution in [3.05, 3.63) is 29.8 Å².